The number of aromatic nitrogens is 2. The first-order valence-electron chi connectivity index (χ1n) is 6.69. The van der Waals surface area contributed by atoms with Crippen molar-refractivity contribution in [2.75, 3.05) is 0 Å². The van der Waals surface area contributed by atoms with Gasteiger partial charge in [0.2, 0.25) is 0 Å². The Balaban J connectivity index is 2.50. The fourth-order valence-corrected chi connectivity index (χ4v) is 2.20. The Bertz CT molecular complexity index is 402. The van der Waals surface area contributed by atoms with E-state index >= 15 is 0 Å². The number of hydrogen-bond acceptors (Lipinski definition) is 3. The minimum atomic E-state index is -0.392. The van der Waals surface area contributed by atoms with Crippen molar-refractivity contribution >= 4 is 0 Å². The number of rotatable bonds is 7. The molecule has 1 N–H and O–H groups in total. The minimum absolute atomic E-state index is 0.330. The second kappa shape index (κ2) is 6.55. The molecule has 0 radical (unpaired) electrons. The molecular weight excluding hydrogens is 224 g/mol. The first-order valence-corrected chi connectivity index (χ1v) is 6.69. The number of aryl methyl sites for hydroxylation is 2. The van der Waals surface area contributed by atoms with Gasteiger partial charge >= 0.3 is 0 Å². The predicted molar refractivity (Wildman–Crippen MR) is 73.1 cm³/mol. The van der Waals surface area contributed by atoms with Crippen LogP contribution in [0, 0.1) is 18.3 Å². The van der Waals surface area contributed by atoms with Gasteiger partial charge in [-0.3, -0.25) is 10.00 Å². The van der Waals surface area contributed by atoms with E-state index in [1.807, 2.05) is 24.0 Å². The van der Waals surface area contributed by atoms with Gasteiger partial charge in [0, 0.05) is 18.8 Å². The number of nitrogens with zero attached hydrogens (tertiary/aromatic N) is 3. The van der Waals surface area contributed by atoms with E-state index in [9.17, 15) is 5.26 Å². The highest BCUT2D eigenvalue weighted by molar-refractivity contribution is 5.07. The van der Waals surface area contributed by atoms with E-state index in [2.05, 4.69) is 37.3 Å². The summed E-state index contributed by atoms with van der Waals surface area (Å²) in [5, 5.41) is 17.0. The molecule has 0 fully saturated rings. The van der Waals surface area contributed by atoms with Gasteiger partial charge in [-0.1, -0.05) is 6.92 Å². The van der Waals surface area contributed by atoms with Crippen LogP contribution in [0.25, 0.3) is 0 Å². The minimum Gasteiger partial charge on any atom is -0.297 e. The molecule has 1 rings (SSSR count). The molecular formula is C14H24N4. The van der Waals surface area contributed by atoms with Crippen LogP contribution in [0.4, 0.5) is 0 Å². The summed E-state index contributed by atoms with van der Waals surface area (Å²) in [5.74, 6) is 0. The number of hydrogen-bond donors (Lipinski definition) is 1. The standard InChI is InChI=1S/C14H24N4/c1-5-14(11-15,17-12(2)3)7-6-8-18-10-13(4)9-16-18/h9-10,12,17H,5-8H2,1-4H3. The van der Waals surface area contributed by atoms with E-state index < -0.39 is 5.54 Å². The Morgan fingerprint density at radius 2 is 2.28 bits per heavy atom. The van der Waals surface area contributed by atoms with E-state index in [0.29, 0.717) is 6.04 Å². The predicted octanol–water partition coefficient (Wildman–Crippen LogP) is 2.64. The van der Waals surface area contributed by atoms with Gasteiger partial charge in [-0.2, -0.15) is 10.4 Å². The molecule has 0 aromatic carbocycles. The molecule has 1 atom stereocenters. The monoisotopic (exact) mass is 248 g/mol. The lowest BCUT2D eigenvalue weighted by Crippen LogP contribution is -2.47. The highest BCUT2D eigenvalue weighted by atomic mass is 15.3. The van der Waals surface area contributed by atoms with Crippen LogP contribution in [0.1, 0.15) is 45.6 Å². The second-order valence-electron chi connectivity index (χ2n) is 5.23. The van der Waals surface area contributed by atoms with Crippen molar-refractivity contribution in [1.29, 1.82) is 5.26 Å². The van der Waals surface area contributed by atoms with Gasteiger partial charge in [-0.15, -0.1) is 0 Å². The van der Waals surface area contributed by atoms with Crippen LogP contribution in [0.2, 0.25) is 0 Å². The molecule has 0 aliphatic rings. The summed E-state index contributed by atoms with van der Waals surface area (Å²) >= 11 is 0. The van der Waals surface area contributed by atoms with Crippen molar-refractivity contribution in [3.05, 3.63) is 18.0 Å². The summed E-state index contributed by atoms with van der Waals surface area (Å²) in [4.78, 5) is 0. The van der Waals surface area contributed by atoms with Gasteiger partial charge in [0.05, 0.1) is 12.3 Å². The van der Waals surface area contributed by atoms with Crippen molar-refractivity contribution in [3.8, 4) is 6.07 Å². The average molecular weight is 248 g/mol. The van der Waals surface area contributed by atoms with Gasteiger partial charge in [0.25, 0.3) is 0 Å². The zero-order chi connectivity index (χ0) is 13.6. The molecule has 4 nitrogen and oxygen atoms in total. The largest absolute Gasteiger partial charge is 0.297 e. The topological polar surface area (TPSA) is 53.6 Å². The van der Waals surface area contributed by atoms with Crippen molar-refractivity contribution < 1.29 is 0 Å². The Kier molecular flexibility index (Phi) is 5.36. The molecule has 1 aromatic heterocycles. The average Bonchev–Trinajstić information content (AvgIpc) is 2.73. The Morgan fingerprint density at radius 1 is 1.56 bits per heavy atom. The zero-order valence-corrected chi connectivity index (χ0v) is 11.9. The summed E-state index contributed by atoms with van der Waals surface area (Å²) in [7, 11) is 0. The maximum Gasteiger partial charge on any atom is 0.106 e. The molecule has 0 aliphatic heterocycles. The van der Waals surface area contributed by atoms with E-state index in [1.165, 1.54) is 5.56 Å². The lowest BCUT2D eigenvalue weighted by atomic mass is 9.91. The molecule has 0 spiro atoms. The maximum absolute atomic E-state index is 9.39. The zero-order valence-electron chi connectivity index (χ0n) is 11.9. The Hall–Kier alpha value is -1.34. The molecule has 1 unspecified atom stereocenters. The van der Waals surface area contributed by atoms with Crippen LogP contribution in [0.3, 0.4) is 0 Å². The third-order valence-corrected chi connectivity index (χ3v) is 3.14. The van der Waals surface area contributed by atoms with Gasteiger partial charge in [-0.25, -0.2) is 0 Å². The number of nitrogens with one attached hydrogen (secondary N) is 1. The fraction of sp³-hybridized carbons (Fsp3) is 0.714. The van der Waals surface area contributed by atoms with Crippen LogP contribution < -0.4 is 5.32 Å². The van der Waals surface area contributed by atoms with Gasteiger partial charge in [-0.05, 0) is 45.6 Å². The smallest absolute Gasteiger partial charge is 0.106 e. The lowest BCUT2D eigenvalue weighted by Gasteiger charge is -2.29. The van der Waals surface area contributed by atoms with Gasteiger partial charge in [0.15, 0.2) is 0 Å². The maximum atomic E-state index is 9.39. The van der Waals surface area contributed by atoms with Gasteiger partial charge < -0.3 is 0 Å². The molecule has 0 saturated heterocycles. The lowest BCUT2D eigenvalue weighted by molar-refractivity contribution is 0.326. The first kappa shape index (κ1) is 14.7. The third kappa shape index (κ3) is 4.15. The molecule has 0 bridgehead atoms. The first-order chi connectivity index (χ1) is 8.51. The summed E-state index contributed by atoms with van der Waals surface area (Å²) in [6, 6.07) is 2.78. The van der Waals surface area contributed by atoms with E-state index in [4.69, 9.17) is 0 Å². The molecule has 100 valence electrons. The summed E-state index contributed by atoms with van der Waals surface area (Å²) in [6.07, 6.45) is 6.55. The van der Waals surface area contributed by atoms with Crippen LogP contribution in [-0.2, 0) is 6.54 Å². The summed E-state index contributed by atoms with van der Waals surface area (Å²) in [6.45, 7) is 9.14. The highest BCUT2D eigenvalue weighted by Crippen LogP contribution is 2.18. The molecule has 1 aromatic rings. The molecule has 0 aliphatic carbocycles. The van der Waals surface area contributed by atoms with Crippen LogP contribution in [0.15, 0.2) is 12.4 Å². The molecule has 1 heterocycles. The molecule has 0 amide bonds. The Morgan fingerprint density at radius 3 is 2.72 bits per heavy atom. The van der Waals surface area contributed by atoms with E-state index in [0.717, 1.165) is 25.8 Å². The Labute approximate surface area is 110 Å². The van der Waals surface area contributed by atoms with E-state index in [1.54, 1.807) is 0 Å². The van der Waals surface area contributed by atoms with Crippen LogP contribution >= 0.6 is 0 Å². The van der Waals surface area contributed by atoms with Crippen LogP contribution in [0.5, 0.6) is 0 Å². The van der Waals surface area contributed by atoms with E-state index in [-0.39, 0.29) is 0 Å². The van der Waals surface area contributed by atoms with Crippen molar-refractivity contribution in [2.45, 2.75) is 65.1 Å². The normalized spacial score (nSPS) is 14.4. The molecule has 18 heavy (non-hydrogen) atoms. The highest BCUT2D eigenvalue weighted by Gasteiger charge is 2.27. The van der Waals surface area contributed by atoms with Crippen molar-refractivity contribution in [1.82, 2.24) is 15.1 Å². The van der Waals surface area contributed by atoms with Crippen molar-refractivity contribution in [2.24, 2.45) is 0 Å². The van der Waals surface area contributed by atoms with Gasteiger partial charge in [0.1, 0.15) is 5.54 Å². The quantitative estimate of drug-likeness (QED) is 0.807. The summed E-state index contributed by atoms with van der Waals surface area (Å²) in [5.41, 5.74) is 0.786. The number of nitriles is 1. The fourth-order valence-electron chi connectivity index (χ4n) is 2.20. The SMILES string of the molecule is CCC(C#N)(CCCn1cc(C)cn1)NC(C)C. The molecule has 0 saturated carbocycles. The van der Waals surface area contributed by atoms with Crippen LogP contribution in [-0.4, -0.2) is 21.4 Å². The third-order valence-electron chi connectivity index (χ3n) is 3.14. The second-order valence-corrected chi connectivity index (χ2v) is 5.23. The summed E-state index contributed by atoms with van der Waals surface area (Å²) < 4.78 is 1.95. The molecule has 4 heteroatoms. The van der Waals surface area contributed by atoms with Crippen molar-refractivity contribution in [3.63, 3.8) is 0 Å².